The molecule has 2 N–H and O–H groups in total. The summed E-state index contributed by atoms with van der Waals surface area (Å²) >= 11 is 7.25. The van der Waals surface area contributed by atoms with Crippen LogP contribution >= 0.6 is 22.9 Å². The van der Waals surface area contributed by atoms with Crippen LogP contribution in [0.2, 0.25) is 0 Å². The highest BCUT2D eigenvalue weighted by Crippen LogP contribution is 2.29. The second kappa shape index (κ2) is 6.70. The molecule has 0 aliphatic carbocycles. The van der Waals surface area contributed by atoms with E-state index in [1.54, 1.807) is 32.2 Å². The first-order valence-corrected chi connectivity index (χ1v) is 8.38. The number of carboxylic acids is 1. The number of methoxy groups -OCH3 is 1. The highest BCUT2D eigenvalue weighted by molar-refractivity contribution is 7.20. The van der Waals surface area contributed by atoms with E-state index >= 15 is 0 Å². The van der Waals surface area contributed by atoms with Gasteiger partial charge in [0.25, 0.3) is 5.56 Å². The fraction of sp³-hybridized carbons (Fsp3) is 0.118. The van der Waals surface area contributed by atoms with Gasteiger partial charge in [-0.1, -0.05) is 23.7 Å². The number of benzene rings is 1. The minimum atomic E-state index is -1.08. The average molecular weight is 377 g/mol. The number of carbonyl (C=O) groups is 1. The molecule has 0 saturated carbocycles. The normalized spacial score (nSPS) is 11.7. The molecule has 3 rings (SSSR count). The Bertz CT molecular complexity index is 1070. The molecule has 0 unspecified atom stereocenters. The van der Waals surface area contributed by atoms with Gasteiger partial charge in [-0.2, -0.15) is 0 Å². The van der Waals surface area contributed by atoms with Crippen LogP contribution in [-0.2, 0) is 0 Å². The number of ether oxygens (including phenoxy) is 1. The molecule has 25 heavy (non-hydrogen) atoms. The van der Waals surface area contributed by atoms with E-state index in [0.717, 1.165) is 16.9 Å². The second-order valence-corrected chi connectivity index (χ2v) is 6.63. The van der Waals surface area contributed by atoms with Gasteiger partial charge in [-0.25, -0.2) is 9.78 Å². The molecule has 6 nitrogen and oxygen atoms in total. The van der Waals surface area contributed by atoms with Crippen LogP contribution in [0.25, 0.3) is 21.3 Å². The maximum absolute atomic E-state index is 12.3. The number of aromatic nitrogens is 2. The van der Waals surface area contributed by atoms with E-state index in [1.807, 2.05) is 12.1 Å². The smallest absolute Gasteiger partial charge is 0.346 e. The summed E-state index contributed by atoms with van der Waals surface area (Å²) in [6.07, 6.45) is 1.65. The Balaban J connectivity index is 2.10. The molecule has 0 atom stereocenters. The van der Waals surface area contributed by atoms with Gasteiger partial charge in [0, 0.05) is 0 Å². The van der Waals surface area contributed by atoms with Gasteiger partial charge in [0.05, 0.1) is 17.5 Å². The summed E-state index contributed by atoms with van der Waals surface area (Å²) < 4.78 is 5.16. The summed E-state index contributed by atoms with van der Waals surface area (Å²) in [5, 5.41) is 9.71. The van der Waals surface area contributed by atoms with Gasteiger partial charge in [0.15, 0.2) is 5.82 Å². The van der Waals surface area contributed by atoms with E-state index in [0.29, 0.717) is 16.1 Å². The maximum atomic E-state index is 12.3. The van der Waals surface area contributed by atoms with Crippen molar-refractivity contribution in [3.8, 4) is 5.75 Å². The lowest BCUT2D eigenvalue weighted by atomic mass is 10.2. The van der Waals surface area contributed by atoms with Gasteiger partial charge in [-0.05, 0) is 36.3 Å². The standard InChI is InChI=1S/C17H13ClN2O4S/c1-8-12-15(21)19-14(20-16(12)25-13(8)17(22)23)11(18)7-9-4-3-5-10(6-9)24-2/h3-7H,1-2H3,(H,22,23)(H,19,20,21)/b11-7-. The Morgan fingerprint density at radius 3 is 2.88 bits per heavy atom. The van der Waals surface area contributed by atoms with Gasteiger partial charge in [0.2, 0.25) is 0 Å². The Hall–Kier alpha value is -2.64. The zero-order valence-electron chi connectivity index (χ0n) is 13.3. The molecule has 8 heteroatoms. The zero-order chi connectivity index (χ0) is 18.1. The van der Waals surface area contributed by atoms with Crippen LogP contribution in [0.3, 0.4) is 0 Å². The van der Waals surface area contributed by atoms with Crippen LogP contribution in [0.1, 0.15) is 26.6 Å². The molecular formula is C17H13ClN2O4S. The van der Waals surface area contributed by atoms with Crippen molar-refractivity contribution < 1.29 is 14.6 Å². The molecule has 1 aromatic carbocycles. The number of nitrogens with zero attached hydrogens (tertiary/aromatic N) is 1. The van der Waals surface area contributed by atoms with E-state index < -0.39 is 11.5 Å². The van der Waals surface area contributed by atoms with E-state index in [2.05, 4.69) is 9.97 Å². The number of nitrogens with one attached hydrogen (secondary N) is 1. The van der Waals surface area contributed by atoms with Crippen molar-refractivity contribution in [3.05, 3.63) is 56.4 Å². The topological polar surface area (TPSA) is 92.3 Å². The van der Waals surface area contributed by atoms with Crippen molar-refractivity contribution in [2.75, 3.05) is 7.11 Å². The number of aromatic carboxylic acids is 1. The number of thiophene rings is 1. The van der Waals surface area contributed by atoms with Crippen molar-refractivity contribution in [2.24, 2.45) is 0 Å². The molecule has 0 amide bonds. The average Bonchev–Trinajstić information content (AvgIpc) is 2.92. The number of aromatic amines is 1. The summed E-state index contributed by atoms with van der Waals surface area (Å²) in [7, 11) is 1.57. The first-order valence-electron chi connectivity index (χ1n) is 7.19. The molecule has 0 fully saturated rings. The molecule has 3 aromatic rings. The third-order valence-corrected chi connectivity index (χ3v) is 5.07. The molecule has 0 saturated heterocycles. The Morgan fingerprint density at radius 2 is 2.20 bits per heavy atom. The van der Waals surface area contributed by atoms with Gasteiger partial charge in [-0.15, -0.1) is 11.3 Å². The van der Waals surface area contributed by atoms with E-state index in [4.69, 9.17) is 16.3 Å². The lowest BCUT2D eigenvalue weighted by Gasteiger charge is -2.02. The molecule has 2 heterocycles. The first-order chi connectivity index (χ1) is 11.9. The van der Waals surface area contributed by atoms with Crippen LogP contribution in [0.15, 0.2) is 29.1 Å². The summed E-state index contributed by atoms with van der Waals surface area (Å²) in [6.45, 7) is 1.59. The number of rotatable bonds is 4. The van der Waals surface area contributed by atoms with Crippen LogP contribution in [0.4, 0.5) is 0 Å². The van der Waals surface area contributed by atoms with Crippen molar-refractivity contribution in [1.29, 1.82) is 0 Å². The molecule has 0 aliphatic heterocycles. The predicted octanol–water partition coefficient (Wildman–Crippen LogP) is 3.74. The fourth-order valence-electron chi connectivity index (χ4n) is 2.41. The SMILES string of the molecule is COc1cccc(/C=C(\Cl)c2nc3sc(C(=O)O)c(C)c3c(=O)[nH]2)c1. The Kier molecular flexibility index (Phi) is 4.61. The maximum Gasteiger partial charge on any atom is 0.346 e. The van der Waals surface area contributed by atoms with Gasteiger partial charge in [0.1, 0.15) is 15.5 Å². The quantitative estimate of drug-likeness (QED) is 0.723. The van der Waals surface area contributed by atoms with Gasteiger partial charge >= 0.3 is 5.97 Å². The number of fused-ring (bicyclic) bond motifs is 1. The van der Waals surface area contributed by atoms with Crippen LogP contribution in [-0.4, -0.2) is 28.2 Å². The molecule has 0 aliphatic rings. The molecular weight excluding hydrogens is 364 g/mol. The summed E-state index contributed by atoms with van der Waals surface area (Å²) in [6, 6.07) is 7.24. The van der Waals surface area contributed by atoms with Crippen LogP contribution in [0, 0.1) is 6.92 Å². The summed E-state index contributed by atoms with van der Waals surface area (Å²) in [4.78, 5) is 30.9. The first kappa shape index (κ1) is 17.2. The van der Waals surface area contributed by atoms with Gasteiger partial charge in [-0.3, -0.25) is 4.79 Å². The fourth-order valence-corrected chi connectivity index (χ4v) is 3.64. The Labute approximate surface area is 151 Å². The number of hydrogen-bond donors (Lipinski definition) is 2. The van der Waals surface area contributed by atoms with E-state index in [1.165, 1.54) is 0 Å². The summed E-state index contributed by atoms with van der Waals surface area (Å²) in [5.74, 6) is -0.227. The van der Waals surface area contributed by atoms with Crippen molar-refractivity contribution in [3.63, 3.8) is 0 Å². The number of aryl methyl sites for hydroxylation is 1. The molecule has 128 valence electrons. The third-order valence-electron chi connectivity index (χ3n) is 3.61. The summed E-state index contributed by atoms with van der Waals surface area (Å²) in [5.41, 5.74) is 0.764. The minimum Gasteiger partial charge on any atom is -0.497 e. The third kappa shape index (κ3) is 3.29. The Morgan fingerprint density at radius 1 is 1.44 bits per heavy atom. The number of hydrogen-bond acceptors (Lipinski definition) is 5. The lowest BCUT2D eigenvalue weighted by Crippen LogP contribution is -2.10. The zero-order valence-corrected chi connectivity index (χ0v) is 14.9. The monoisotopic (exact) mass is 376 g/mol. The van der Waals surface area contributed by atoms with Crippen molar-refractivity contribution in [1.82, 2.24) is 9.97 Å². The predicted molar refractivity (Wildman–Crippen MR) is 98.7 cm³/mol. The van der Waals surface area contributed by atoms with Crippen molar-refractivity contribution in [2.45, 2.75) is 6.92 Å². The van der Waals surface area contributed by atoms with Crippen molar-refractivity contribution >= 4 is 50.2 Å². The van der Waals surface area contributed by atoms with E-state index in [-0.39, 0.29) is 21.1 Å². The molecule has 2 aromatic heterocycles. The molecule has 0 radical (unpaired) electrons. The molecule has 0 bridgehead atoms. The number of carboxylic acid groups (broad SMARTS) is 1. The number of halogens is 1. The highest BCUT2D eigenvalue weighted by Gasteiger charge is 2.19. The minimum absolute atomic E-state index is 0.0954. The highest BCUT2D eigenvalue weighted by atomic mass is 35.5. The van der Waals surface area contributed by atoms with Crippen LogP contribution in [0.5, 0.6) is 5.75 Å². The lowest BCUT2D eigenvalue weighted by molar-refractivity contribution is 0.0701. The molecule has 0 spiro atoms. The second-order valence-electron chi connectivity index (χ2n) is 5.22. The number of H-pyrrole nitrogens is 1. The largest absolute Gasteiger partial charge is 0.497 e. The van der Waals surface area contributed by atoms with Gasteiger partial charge < -0.3 is 14.8 Å². The van der Waals surface area contributed by atoms with Crippen LogP contribution < -0.4 is 10.3 Å². The van der Waals surface area contributed by atoms with E-state index in [9.17, 15) is 14.7 Å².